The third kappa shape index (κ3) is 4.10. The number of hydrogen-bond acceptors (Lipinski definition) is 3. The normalized spacial score (nSPS) is 16.4. The molecule has 1 aliphatic rings. The van der Waals surface area contributed by atoms with Gasteiger partial charge in [-0.3, -0.25) is 0 Å². The van der Waals surface area contributed by atoms with Crippen molar-refractivity contribution in [1.82, 2.24) is 0 Å². The monoisotopic (exact) mass is 280 g/mol. The zero-order valence-corrected chi connectivity index (χ0v) is 12.3. The summed E-state index contributed by atoms with van der Waals surface area (Å²) in [6, 6.07) is 5.06. The van der Waals surface area contributed by atoms with E-state index in [4.69, 9.17) is 10.5 Å². The van der Waals surface area contributed by atoms with Gasteiger partial charge in [0.1, 0.15) is 11.6 Å². The molecule has 0 aromatic heterocycles. The molecule has 0 radical (unpaired) electrons. The molecule has 0 atom stereocenters. The van der Waals surface area contributed by atoms with Crippen molar-refractivity contribution in [2.24, 2.45) is 5.73 Å². The van der Waals surface area contributed by atoms with Crippen LogP contribution in [0.25, 0.3) is 0 Å². The number of halogens is 1. The van der Waals surface area contributed by atoms with Gasteiger partial charge in [-0.1, -0.05) is 19.8 Å². The number of benzene rings is 1. The Morgan fingerprint density at radius 3 is 2.75 bits per heavy atom. The van der Waals surface area contributed by atoms with Gasteiger partial charge in [-0.25, -0.2) is 4.39 Å². The average Bonchev–Trinajstić information content (AvgIpc) is 2.46. The Bertz CT molecular complexity index is 417. The molecule has 4 heteroatoms. The van der Waals surface area contributed by atoms with Gasteiger partial charge in [0.2, 0.25) is 0 Å². The lowest BCUT2D eigenvalue weighted by Gasteiger charge is -2.33. The number of piperidine rings is 1. The maximum atomic E-state index is 13.5. The summed E-state index contributed by atoms with van der Waals surface area (Å²) in [5.41, 5.74) is 6.79. The molecule has 1 aromatic rings. The number of ether oxygens (including phenoxy) is 1. The van der Waals surface area contributed by atoms with E-state index < -0.39 is 0 Å². The van der Waals surface area contributed by atoms with E-state index in [9.17, 15) is 4.39 Å². The van der Waals surface area contributed by atoms with Crippen LogP contribution in [-0.4, -0.2) is 25.7 Å². The third-order valence-electron chi connectivity index (χ3n) is 3.81. The summed E-state index contributed by atoms with van der Waals surface area (Å²) in [6.45, 7) is 4.60. The van der Waals surface area contributed by atoms with Crippen LogP contribution in [0, 0.1) is 5.82 Å². The topological polar surface area (TPSA) is 38.5 Å². The quantitative estimate of drug-likeness (QED) is 0.812. The van der Waals surface area contributed by atoms with E-state index in [0.717, 1.165) is 50.2 Å². The zero-order valence-electron chi connectivity index (χ0n) is 12.3. The summed E-state index contributed by atoms with van der Waals surface area (Å²) in [7, 11) is 0. The molecule has 0 aliphatic carbocycles. The molecule has 0 bridgehead atoms. The minimum absolute atomic E-state index is 0.212. The highest BCUT2D eigenvalue weighted by Gasteiger charge is 2.19. The fraction of sp³-hybridized carbons (Fsp3) is 0.625. The Kier molecular flexibility index (Phi) is 5.65. The van der Waals surface area contributed by atoms with E-state index in [0.29, 0.717) is 6.61 Å². The molecule has 20 heavy (non-hydrogen) atoms. The van der Waals surface area contributed by atoms with E-state index >= 15 is 0 Å². The molecule has 0 spiro atoms. The smallest absolute Gasteiger partial charge is 0.142 e. The van der Waals surface area contributed by atoms with Crippen LogP contribution in [0.5, 0.6) is 5.75 Å². The number of unbranched alkanes of at least 4 members (excludes halogenated alkanes) is 2. The minimum Gasteiger partial charge on any atom is -0.491 e. The van der Waals surface area contributed by atoms with Gasteiger partial charge in [-0.2, -0.15) is 0 Å². The summed E-state index contributed by atoms with van der Waals surface area (Å²) in [6.07, 6.45) is 5.27. The standard InChI is InChI=1S/C16H25FN2O/c1-2-3-4-11-20-16-6-5-13(17)12-15(16)19-9-7-14(18)8-10-19/h5-6,12,14H,2-4,7-11,18H2,1H3. The molecule has 0 amide bonds. The Hall–Kier alpha value is -1.29. The molecule has 2 N–H and O–H groups in total. The van der Waals surface area contributed by atoms with Crippen LogP contribution < -0.4 is 15.4 Å². The van der Waals surface area contributed by atoms with Gasteiger partial charge in [0.15, 0.2) is 0 Å². The van der Waals surface area contributed by atoms with Crippen LogP contribution in [0.3, 0.4) is 0 Å². The predicted octanol–water partition coefficient (Wildman–Crippen LogP) is 3.32. The van der Waals surface area contributed by atoms with Crippen molar-refractivity contribution in [2.45, 2.75) is 45.1 Å². The van der Waals surface area contributed by atoms with Crippen molar-refractivity contribution in [1.29, 1.82) is 0 Å². The Morgan fingerprint density at radius 1 is 1.30 bits per heavy atom. The molecule has 3 nitrogen and oxygen atoms in total. The van der Waals surface area contributed by atoms with Gasteiger partial charge in [0.05, 0.1) is 12.3 Å². The lowest BCUT2D eigenvalue weighted by Crippen LogP contribution is -2.39. The van der Waals surface area contributed by atoms with Crippen molar-refractivity contribution in [3.63, 3.8) is 0 Å². The second-order valence-electron chi connectivity index (χ2n) is 5.49. The molecule has 2 rings (SSSR count). The molecule has 1 fully saturated rings. The van der Waals surface area contributed by atoms with Gasteiger partial charge in [0, 0.05) is 25.2 Å². The van der Waals surface area contributed by atoms with E-state index in [2.05, 4.69) is 11.8 Å². The van der Waals surface area contributed by atoms with Crippen LogP contribution in [0.15, 0.2) is 18.2 Å². The maximum Gasteiger partial charge on any atom is 0.142 e. The first-order valence-corrected chi connectivity index (χ1v) is 7.63. The Morgan fingerprint density at radius 2 is 2.05 bits per heavy atom. The number of anilines is 1. The zero-order chi connectivity index (χ0) is 14.4. The van der Waals surface area contributed by atoms with Crippen LogP contribution in [-0.2, 0) is 0 Å². The SMILES string of the molecule is CCCCCOc1ccc(F)cc1N1CCC(N)CC1. The molecular weight excluding hydrogens is 255 g/mol. The lowest BCUT2D eigenvalue weighted by atomic mass is 10.1. The Balaban J connectivity index is 2.03. The first-order valence-electron chi connectivity index (χ1n) is 7.63. The first kappa shape index (κ1) is 15.1. The van der Waals surface area contributed by atoms with Crippen molar-refractivity contribution in [3.8, 4) is 5.75 Å². The van der Waals surface area contributed by atoms with Crippen LogP contribution in [0.1, 0.15) is 39.0 Å². The van der Waals surface area contributed by atoms with E-state index in [1.165, 1.54) is 12.5 Å². The highest BCUT2D eigenvalue weighted by molar-refractivity contribution is 5.59. The fourth-order valence-electron chi connectivity index (χ4n) is 2.53. The lowest BCUT2D eigenvalue weighted by molar-refractivity contribution is 0.305. The largest absolute Gasteiger partial charge is 0.491 e. The van der Waals surface area contributed by atoms with E-state index in [1.807, 2.05) is 0 Å². The number of rotatable bonds is 6. The molecule has 1 aliphatic heterocycles. The highest BCUT2D eigenvalue weighted by atomic mass is 19.1. The number of hydrogen-bond donors (Lipinski definition) is 1. The Labute approximate surface area is 120 Å². The average molecular weight is 280 g/mol. The second kappa shape index (κ2) is 7.48. The van der Waals surface area contributed by atoms with Crippen LogP contribution >= 0.6 is 0 Å². The van der Waals surface area contributed by atoms with Crippen molar-refractivity contribution < 1.29 is 9.13 Å². The summed E-state index contributed by atoms with van der Waals surface area (Å²) >= 11 is 0. The highest BCUT2D eigenvalue weighted by Crippen LogP contribution is 2.31. The van der Waals surface area contributed by atoms with Crippen LogP contribution in [0.4, 0.5) is 10.1 Å². The molecule has 112 valence electrons. The van der Waals surface area contributed by atoms with Gasteiger partial charge in [-0.05, 0) is 31.4 Å². The van der Waals surface area contributed by atoms with Gasteiger partial charge in [-0.15, -0.1) is 0 Å². The molecular formula is C16H25FN2O. The molecule has 1 heterocycles. The van der Waals surface area contributed by atoms with Crippen LogP contribution in [0.2, 0.25) is 0 Å². The summed E-state index contributed by atoms with van der Waals surface area (Å²) in [5.74, 6) is 0.578. The number of nitrogens with zero attached hydrogens (tertiary/aromatic N) is 1. The summed E-state index contributed by atoms with van der Waals surface area (Å²) < 4.78 is 19.3. The minimum atomic E-state index is -0.212. The van der Waals surface area contributed by atoms with Crippen molar-refractivity contribution >= 4 is 5.69 Å². The molecule has 1 aromatic carbocycles. The van der Waals surface area contributed by atoms with Crippen molar-refractivity contribution in [3.05, 3.63) is 24.0 Å². The van der Waals surface area contributed by atoms with E-state index in [1.54, 1.807) is 12.1 Å². The van der Waals surface area contributed by atoms with Crippen molar-refractivity contribution in [2.75, 3.05) is 24.6 Å². The summed E-state index contributed by atoms with van der Waals surface area (Å²) in [4.78, 5) is 2.18. The first-order chi connectivity index (χ1) is 9.70. The van der Waals surface area contributed by atoms with Gasteiger partial charge in [0.25, 0.3) is 0 Å². The number of nitrogens with two attached hydrogens (primary N) is 1. The fourth-order valence-corrected chi connectivity index (χ4v) is 2.53. The van der Waals surface area contributed by atoms with Gasteiger partial charge >= 0.3 is 0 Å². The second-order valence-corrected chi connectivity index (χ2v) is 5.49. The van der Waals surface area contributed by atoms with Gasteiger partial charge < -0.3 is 15.4 Å². The molecule has 1 saturated heterocycles. The predicted molar refractivity (Wildman–Crippen MR) is 80.8 cm³/mol. The molecule has 0 saturated carbocycles. The molecule has 0 unspecified atom stereocenters. The summed E-state index contributed by atoms with van der Waals surface area (Å²) in [5, 5.41) is 0. The van der Waals surface area contributed by atoms with E-state index in [-0.39, 0.29) is 11.9 Å². The maximum absolute atomic E-state index is 13.5. The third-order valence-corrected chi connectivity index (χ3v) is 3.81.